The van der Waals surface area contributed by atoms with Gasteiger partial charge in [0.1, 0.15) is 11.6 Å². The van der Waals surface area contributed by atoms with Gasteiger partial charge >= 0.3 is 6.18 Å². The van der Waals surface area contributed by atoms with Crippen molar-refractivity contribution >= 4 is 23.4 Å². The first-order valence-electron chi connectivity index (χ1n) is 10.3. The minimum absolute atomic E-state index is 0.0429. The Morgan fingerprint density at radius 2 is 1.85 bits per heavy atom. The van der Waals surface area contributed by atoms with Gasteiger partial charge in [-0.3, -0.25) is 14.6 Å². The van der Waals surface area contributed by atoms with Crippen LogP contribution in [0.3, 0.4) is 0 Å². The van der Waals surface area contributed by atoms with E-state index in [0.29, 0.717) is 25.7 Å². The van der Waals surface area contributed by atoms with Gasteiger partial charge in [-0.2, -0.15) is 13.2 Å². The number of ether oxygens (including phenoxy) is 1. The Morgan fingerprint density at radius 3 is 2.52 bits per heavy atom. The lowest BCUT2D eigenvalue weighted by molar-refractivity contribution is -0.137. The average molecular weight is 488 g/mol. The van der Waals surface area contributed by atoms with Crippen LogP contribution in [0.25, 0.3) is 0 Å². The fraction of sp³-hybridized carbons (Fsp3) is 0.409. The number of hydrogen-bond acceptors (Lipinski definition) is 4. The lowest BCUT2D eigenvalue weighted by atomic mass is 9.85. The standard InChI is InChI=1S/C22H22ClF4N3O3/c23-18-6-5-17(10-19(18)24)33-12-20(31)30-15-3-1-13(2-4-15)21(32)29-11-16-9-14(7-8-28-16)22(25,26)27/h5-10,13,15H,1-4,11-12H2,(H,29,32)(H,30,31)/t13-,15-. The number of carbonyl (C=O) groups is 2. The Morgan fingerprint density at radius 1 is 1.12 bits per heavy atom. The second-order valence-corrected chi connectivity index (χ2v) is 8.14. The van der Waals surface area contributed by atoms with Crippen molar-refractivity contribution < 1.29 is 31.9 Å². The highest BCUT2D eigenvalue weighted by Gasteiger charge is 2.31. The molecule has 0 unspecified atom stereocenters. The predicted molar refractivity (Wildman–Crippen MR) is 112 cm³/mol. The predicted octanol–water partition coefficient (Wildman–Crippen LogP) is 4.26. The summed E-state index contributed by atoms with van der Waals surface area (Å²) in [5, 5.41) is 5.41. The molecule has 2 N–H and O–H groups in total. The molecular formula is C22H22ClF4N3O3. The van der Waals surface area contributed by atoms with Gasteiger partial charge in [0.15, 0.2) is 6.61 Å². The summed E-state index contributed by atoms with van der Waals surface area (Å²) in [6.45, 7) is -0.381. The van der Waals surface area contributed by atoms with E-state index in [1.54, 1.807) is 0 Å². The largest absolute Gasteiger partial charge is 0.484 e. The van der Waals surface area contributed by atoms with E-state index in [0.717, 1.165) is 24.4 Å². The van der Waals surface area contributed by atoms with Crippen molar-refractivity contribution in [2.24, 2.45) is 5.92 Å². The van der Waals surface area contributed by atoms with E-state index in [1.807, 2.05) is 0 Å². The number of nitrogens with zero attached hydrogens (tertiary/aromatic N) is 1. The molecule has 1 saturated carbocycles. The minimum Gasteiger partial charge on any atom is -0.484 e. The molecule has 0 aliphatic heterocycles. The Kier molecular flexibility index (Phi) is 8.12. The second kappa shape index (κ2) is 10.8. The zero-order valence-electron chi connectivity index (χ0n) is 17.4. The Labute approximate surface area is 192 Å². The smallest absolute Gasteiger partial charge is 0.416 e. The van der Waals surface area contributed by atoms with Crippen molar-refractivity contribution in [2.45, 2.75) is 44.4 Å². The van der Waals surface area contributed by atoms with Gasteiger partial charge in [-0.15, -0.1) is 0 Å². The van der Waals surface area contributed by atoms with E-state index in [4.69, 9.17) is 16.3 Å². The van der Waals surface area contributed by atoms with Crippen LogP contribution in [0, 0.1) is 11.7 Å². The van der Waals surface area contributed by atoms with E-state index in [9.17, 15) is 27.2 Å². The van der Waals surface area contributed by atoms with Crippen LogP contribution in [0.1, 0.15) is 36.9 Å². The van der Waals surface area contributed by atoms with E-state index < -0.39 is 17.6 Å². The van der Waals surface area contributed by atoms with E-state index in [-0.39, 0.29) is 53.4 Å². The molecule has 1 fully saturated rings. The van der Waals surface area contributed by atoms with Crippen LogP contribution in [0.5, 0.6) is 5.75 Å². The van der Waals surface area contributed by atoms with E-state index >= 15 is 0 Å². The van der Waals surface area contributed by atoms with Gasteiger partial charge in [0, 0.05) is 24.2 Å². The third kappa shape index (κ3) is 7.31. The summed E-state index contributed by atoms with van der Waals surface area (Å²) in [4.78, 5) is 28.3. The fourth-order valence-corrected chi connectivity index (χ4v) is 3.68. The fourth-order valence-electron chi connectivity index (χ4n) is 3.56. The third-order valence-electron chi connectivity index (χ3n) is 5.31. The van der Waals surface area contributed by atoms with Crippen LogP contribution >= 0.6 is 11.6 Å². The van der Waals surface area contributed by atoms with Gasteiger partial charge < -0.3 is 15.4 Å². The number of rotatable bonds is 7. The van der Waals surface area contributed by atoms with Crippen LogP contribution in [-0.4, -0.2) is 29.4 Å². The van der Waals surface area contributed by atoms with Crippen molar-refractivity contribution in [3.05, 3.63) is 58.6 Å². The number of alkyl halides is 3. The van der Waals surface area contributed by atoms with Crippen molar-refractivity contribution in [1.82, 2.24) is 15.6 Å². The highest BCUT2D eigenvalue weighted by molar-refractivity contribution is 6.30. The quantitative estimate of drug-likeness (QED) is 0.572. The maximum atomic E-state index is 13.4. The molecule has 2 amide bonds. The molecule has 6 nitrogen and oxygen atoms in total. The normalized spacial score (nSPS) is 18.5. The van der Waals surface area contributed by atoms with Gasteiger partial charge in [-0.1, -0.05) is 11.6 Å². The zero-order valence-corrected chi connectivity index (χ0v) is 18.2. The monoisotopic (exact) mass is 487 g/mol. The summed E-state index contributed by atoms with van der Waals surface area (Å²) in [5.74, 6) is -1.38. The summed E-state index contributed by atoms with van der Waals surface area (Å²) >= 11 is 5.60. The number of amides is 2. The van der Waals surface area contributed by atoms with Crippen LogP contribution < -0.4 is 15.4 Å². The molecular weight excluding hydrogens is 466 g/mol. The molecule has 1 aliphatic rings. The second-order valence-electron chi connectivity index (χ2n) is 7.73. The first kappa shape index (κ1) is 24.8. The Balaban J connectivity index is 1.38. The van der Waals surface area contributed by atoms with Crippen molar-refractivity contribution in [3.63, 3.8) is 0 Å². The Hall–Kier alpha value is -2.88. The molecule has 0 saturated heterocycles. The molecule has 0 bridgehead atoms. The molecule has 178 valence electrons. The highest BCUT2D eigenvalue weighted by Crippen LogP contribution is 2.29. The molecule has 0 atom stereocenters. The summed E-state index contributed by atoms with van der Waals surface area (Å²) in [7, 11) is 0. The first-order chi connectivity index (χ1) is 15.6. The molecule has 0 spiro atoms. The molecule has 1 aromatic heterocycles. The molecule has 11 heteroatoms. The van der Waals surface area contributed by atoms with Crippen LogP contribution in [-0.2, 0) is 22.3 Å². The van der Waals surface area contributed by atoms with Crippen molar-refractivity contribution in [2.75, 3.05) is 6.61 Å². The van der Waals surface area contributed by atoms with Crippen molar-refractivity contribution in [3.8, 4) is 5.75 Å². The summed E-state index contributed by atoms with van der Waals surface area (Å²) in [6, 6.07) is 5.54. The number of carbonyl (C=O) groups excluding carboxylic acids is 2. The topological polar surface area (TPSA) is 80.3 Å². The van der Waals surface area contributed by atoms with E-state index in [2.05, 4.69) is 15.6 Å². The minimum atomic E-state index is -4.47. The maximum absolute atomic E-state index is 13.4. The lowest BCUT2D eigenvalue weighted by Gasteiger charge is -2.28. The van der Waals surface area contributed by atoms with Gasteiger partial charge in [-0.25, -0.2) is 4.39 Å². The molecule has 1 aliphatic carbocycles. The number of halogens is 5. The van der Waals surface area contributed by atoms with Gasteiger partial charge in [0.25, 0.3) is 5.91 Å². The number of aromatic nitrogens is 1. The molecule has 3 rings (SSSR count). The van der Waals surface area contributed by atoms with Crippen LogP contribution in [0.15, 0.2) is 36.5 Å². The summed E-state index contributed by atoms with van der Waals surface area (Å²) < 4.78 is 57.0. The summed E-state index contributed by atoms with van der Waals surface area (Å²) in [6.07, 6.45) is -1.22. The molecule has 1 heterocycles. The highest BCUT2D eigenvalue weighted by atomic mass is 35.5. The van der Waals surface area contributed by atoms with Gasteiger partial charge in [0.2, 0.25) is 5.91 Å². The number of nitrogens with one attached hydrogen (secondary N) is 2. The van der Waals surface area contributed by atoms with E-state index in [1.165, 1.54) is 12.1 Å². The number of hydrogen-bond donors (Lipinski definition) is 2. The summed E-state index contributed by atoms with van der Waals surface area (Å²) in [5.41, 5.74) is -0.692. The average Bonchev–Trinajstić information content (AvgIpc) is 2.78. The molecule has 1 aromatic carbocycles. The molecule has 0 radical (unpaired) electrons. The van der Waals surface area contributed by atoms with Gasteiger partial charge in [-0.05, 0) is 49.9 Å². The first-order valence-corrected chi connectivity index (χ1v) is 10.7. The van der Waals surface area contributed by atoms with Crippen LogP contribution in [0.2, 0.25) is 5.02 Å². The number of pyridine rings is 1. The van der Waals surface area contributed by atoms with Crippen LogP contribution in [0.4, 0.5) is 17.6 Å². The lowest BCUT2D eigenvalue weighted by Crippen LogP contribution is -2.42. The molecule has 33 heavy (non-hydrogen) atoms. The van der Waals surface area contributed by atoms with Crippen molar-refractivity contribution in [1.29, 1.82) is 0 Å². The number of benzene rings is 1. The molecule has 2 aromatic rings. The Bertz CT molecular complexity index is 995. The van der Waals surface area contributed by atoms with Gasteiger partial charge in [0.05, 0.1) is 22.8 Å². The SMILES string of the molecule is O=C(COc1ccc(Cl)c(F)c1)N[C@H]1CC[C@H](C(=O)NCc2cc(C(F)(F)F)ccn2)CC1. The zero-order chi connectivity index (χ0) is 24.0. The third-order valence-corrected chi connectivity index (χ3v) is 5.62. The maximum Gasteiger partial charge on any atom is 0.416 e.